The number of nitrogens with two attached hydrogens (primary N) is 1. The number of rotatable bonds is 2. The second-order valence-corrected chi connectivity index (χ2v) is 2.80. The summed E-state index contributed by atoms with van der Waals surface area (Å²) in [6.07, 6.45) is 0. The molecule has 0 atom stereocenters. The third-order valence-electron chi connectivity index (χ3n) is 1.17. The highest BCUT2D eigenvalue weighted by molar-refractivity contribution is 6.17. The largest absolute Gasteiger partial charge is 0.480 e. The lowest BCUT2D eigenvalue weighted by atomic mass is 10.2. The quantitative estimate of drug-likeness (QED) is 0.691. The van der Waals surface area contributed by atoms with E-state index in [1.165, 1.54) is 5.56 Å². The number of carboxylic acids is 1. The van der Waals surface area contributed by atoms with Gasteiger partial charge >= 0.3 is 5.97 Å². The fourth-order valence-corrected chi connectivity index (χ4v) is 0.745. The van der Waals surface area contributed by atoms with E-state index in [9.17, 15) is 4.79 Å². The summed E-state index contributed by atoms with van der Waals surface area (Å²) >= 11 is 5.53. The number of aliphatic hydroxyl groups excluding tert-OH is 1. The highest BCUT2D eigenvalue weighted by Gasteiger charge is 1.81. The summed E-state index contributed by atoms with van der Waals surface area (Å²) in [5.74, 6) is -0.356. The van der Waals surface area contributed by atoms with Gasteiger partial charge in [0, 0.05) is 12.5 Å². The van der Waals surface area contributed by atoms with Gasteiger partial charge in [0.1, 0.15) is 0 Å². The first-order valence-electron chi connectivity index (χ1n) is 4.74. The molecule has 0 unspecified atom stereocenters. The van der Waals surface area contributed by atoms with E-state index in [4.69, 9.17) is 21.8 Å². The topological polar surface area (TPSA) is 83.5 Å². The van der Waals surface area contributed by atoms with Crippen molar-refractivity contribution in [1.82, 2.24) is 0 Å². The molecule has 0 spiro atoms. The van der Waals surface area contributed by atoms with Crippen LogP contribution in [0.2, 0.25) is 0 Å². The Bertz CT molecular complexity index is 255. The molecule has 0 radical (unpaired) electrons. The lowest BCUT2D eigenvalue weighted by molar-refractivity contribution is -0.135. The van der Waals surface area contributed by atoms with Crippen molar-refractivity contribution >= 4 is 17.6 Å². The van der Waals surface area contributed by atoms with Gasteiger partial charge in [0.25, 0.3) is 0 Å². The highest BCUT2D eigenvalue weighted by Crippen LogP contribution is 2.00. The van der Waals surface area contributed by atoms with Crippen molar-refractivity contribution in [1.29, 1.82) is 0 Å². The van der Waals surface area contributed by atoms with Gasteiger partial charge in [-0.05, 0) is 12.5 Å². The zero-order valence-electron chi connectivity index (χ0n) is 9.27. The van der Waals surface area contributed by atoms with Crippen molar-refractivity contribution in [2.75, 3.05) is 13.2 Å². The van der Waals surface area contributed by atoms with Crippen LogP contribution >= 0.6 is 11.6 Å². The number of carboxylic acid groups (broad SMARTS) is 1. The van der Waals surface area contributed by atoms with Crippen molar-refractivity contribution in [2.24, 2.45) is 5.73 Å². The van der Waals surface area contributed by atoms with E-state index >= 15 is 0 Å². The van der Waals surface area contributed by atoms with Gasteiger partial charge in [0.2, 0.25) is 0 Å². The van der Waals surface area contributed by atoms with Crippen LogP contribution in [0.3, 0.4) is 0 Å². The summed E-state index contributed by atoms with van der Waals surface area (Å²) in [7, 11) is 0. The average molecular weight is 248 g/mol. The molecule has 1 aromatic rings. The van der Waals surface area contributed by atoms with E-state index in [1.807, 2.05) is 30.3 Å². The molecular weight excluding hydrogens is 230 g/mol. The van der Waals surface area contributed by atoms with Gasteiger partial charge in [-0.3, -0.25) is 4.79 Å². The van der Waals surface area contributed by atoms with Crippen molar-refractivity contribution in [3.05, 3.63) is 35.9 Å². The average Bonchev–Trinajstić information content (AvgIpc) is 2.32. The van der Waals surface area contributed by atoms with Crippen LogP contribution in [-0.4, -0.2) is 29.3 Å². The zero-order chi connectivity index (χ0) is 12.8. The van der Waals surface area contributed by atoms with Gasteiger partial charge in [0.15, 0.2) is 0 Å². The summed E-state index contributed by atoms with van der Waals surface area (Å²) in [6.45, 7) is 1.65. The van der Waals surface area contributed by atoms with E-state index in [-0.39, 0.29) is 13.2 Å². The van der Waals surface area contributed by atoms with E-state index < -0.39 is 5.97 Å². The van der Waals surface area contributed by atoms with E-state index in [2.05, 4.69) is 5.73 Å². The second kappa shape index (κ2) is 13.9. The Morgan fingerprint density at radius 3 is 1.94 bits per heavy atom. The highest BCUT2D eigenvalue weighted by atomic mass is 35.5. The fraction of sp³-hybridized carbons (Fsp3) is 0.364. The van der Waals surface area contributed by atoms with Gasteiger partial charge in [0.05, 0.1) is 6.54 Å². The molecule has 4 nitrogen and oxygen atoms in total. The number of halogens is 1. The maximum atomic E-state index is 9.24. The number of hydrogen-bond acceptors (Lipinski definition) is 3. The molecule has 4 N–H and O–H groups in total. The maximum absolute atomic E-state index is 9.24. The van der Waals surface area contributed by atoms with Gasteiger partial charge in [-0.25, -0.2) is 0 Å². The van der Waals surface area contributed by atoms with E-state index in [0.717, 1.165) is 0 Å². The molecule has 0 aliphatic carbocycles. The van der Waals surface area contributed by atoms with Crippen LogP contribution in [0.4, 0.5) is 0 Å². The van der Waals surface area contributed by atoms with E-state index in [0.29, 0.717) is 5.88 Å². The fourth-order valence-electron chi connectivity index (χ4n) is 0.567. The molecule has 0 aliphatic rings. The first-order valence-corrected chi connectivity index (χ1v) is 5.28. The molecule has 92 valence electrons. The van der Waals surface area contributed by atoms with Crippen LogP contribution < -0.4 is 5.73 Å². The van der Waals surface area contributed by atoms with Gasteiger partial charge in [-0.15, -0.1) is 11.6 Å². The third kappa shape index (κ3) is 15.4. The third-order valence-corrected chi connectivity index (χ3v) is 1.48. The van der Waals surface area contributed by atoms with Gasteiger partial charge in [-0.2, -0.15) is 0 Å². The van der Waals surface area contributed by atoms with Crippen LogP contribution in [0, 0.1) is 0 Å². The summed E-state index contributed by atoms with van der Waals surface area (Å²) in [5, 5.41) is 15.2. The minimum absolute atomic E-state index is 0.250. The van der Waals surface area contributed by atoms with Crippen LogP contribution in [0.5, 0.6) is 0 Å². The minimum atomic E-state index is -0.968. The number of benzene rings is 1. The van der Waals surface area contributed by atoms with Crippen molar-refractivity contribution in [3.8, 4) is 0 Å². The smallest absolute Gasteiger partial charge is 0.317 e. The van der Waals surface area contributed by atoms with Crippen LogP contribution in [0.1, 0.15) is 12.5 Å². The molecule has 0 fully saturated rings. The molecule has 0 bridgehead atoms. The molecule has 0 saturated heterocycles. The first kappa shape index (κ1) is 17.3. The Morgan fingerprint density at radius 2 is 1.75 bits per heavy atom. The number of hydrogen-bond donors (Lipinski definition) is 3. The summed E-state index contributed by atoms with van der Waals surface area (Å²) in [4.78, 5) is 9.24. The molecule has 16 heavy (non-hydrogen) atoms. The van der Waals surface area contributed by atoms with Gasteiger partial charge < -0.3 is 15.9 Å². The molecule has 0 aliphatic heterocycles. The Kier molecular flexibility index (Phi) is 15.0. The minimum Gasteiger partial charge on any atom is -0.480 e. The molecule has 5 heteroatoms. The number of aliphatic carboxylic acids is 1. The standard InChI is InChI=1S/C7H7Cl.C2H5NO2.C2H6O/c8-6-7-4-2-1-3-5-7;3-1-2(4)5;1-2-3/h1-5H,6H2;1,3H2,(H,4,5);3H,2H2,1H3. The molecule has 0 amide bonds. The molecule has 1 aromatic carbocycles. The first-order chi connectivity index (χ1) is 7.62. The maximum Gasteiger partial charge on any atom is 0.317 e. The summed E-state index contributed by atoms with van der Waals surface area (Å²) in [5.41, 5.74) is 5.75. The Hall–Kier alpha value is -1.10. The van der Waals surface area contributed by atoms with Crippen LogP contribution in [0.15, 0.2) is 30.3 Å². The van der Waals surface area contributed by atoms with Crippen molar-refractivity contribution < 1.29 is 15.0 Å². The molecular formula is C11H18ClNO3. The lowest BCUT2D eigenvalue weighted by Crippen LogP contribution is -2.10. The monoisotopic (exact) mass is 247 g/mol. The predicted octanol–water partition coefficient (Wildman–Crippen LogP) is 1.45. The zero-order valence-corrected chi connectivity index (χ0v) is 10.0. The van der Waals surface area contributed by atoms with Gasteiger partial charge in [-0.1, -0.05) is 30.3 Å². The molecule has 0 saturated carbocycles. The number of alkyl halides is 1. The van der Waals surface area contributed by atoms with Crippen LogP contribution in [-0.2, 0) is 10.7 Å². The molecule has 0 heterocycles. The molecule has 0 aromatic heterocycles. The Balaban J connectivity index is 0. The molecule has 1 rings (SSSR count). The summed E-state index contributed by atoms with van der Waals surface area (Å²) in [6, 6.07) is 9.96. The Morgan fingerprint density at radius 1 is 1.38 bits per heavy atom. The normalized spacial score (nSPS) is 8.00. The van der Waals surface area contributed by atoms with Crippen molar-refractivity contribution in [3.63, 3.8) is 0 Å². The SMILES string of the molecule is CCO.ClCc1ccccc1.NCC(=O)O. The number of carbonyl (C=O) groups is 1. The van der Waals surface area contributed by atoms with E-state index in [1.54, 1.807) is 6.92 Å². The lowest BCUT2D eigenvalue weighted by Gasteiger charge is -1.88. The second-order valence-electron chi connectivity index (χ2n) is 2.53. The Labute approximate surface area is 101 Å². The number of aliphatic hydroxyl groups is 1. The van der Waals surface area contributed by atoms with Crippen LogP contribution in [0.25, 0.3) is 0 Å². The summed E-state index contributed by atoms with van der Waals surface area (Å²) < 4.78 is 0. The predicted molar refractivity (Wildman–Crippen MR) is 65.4 cm³/mol. The van der Waals surface area contributed by atoms with Crippen molar-refractivity contribution in [2.45, 2.75) is 12.8 Å².